The van der Waals surface area contributed by atoms with Crippen LogP contribution in [-0.4, -0.2) is 53.2 Å². The number of thioether (sulfide) groups is 1. The third-order valence-electron chi connectivity index (χ3n) is 7.02. The second-order valence-corrected chi connectivity index (χ2v) is 11.2. The normalized spacial score (nSPS) is 29.8. The molecule has 4 atom stereocenters. The summed E-state index contributed by atoms with van der Waals surface area (Å²) in [5.41, 5.74) is 5.67. The lowest BCUT2D eigenvalue weighted by atomic mass is 9.71. The molecule has 5 nitrogen and oxygen atoms in total. The van der Waals surface area contributed by atoms with Crippen LogP contribution in [0.1, 0.15) is 49.8 Å². The number of likely N-dealkylation sites (tertiary alicyclic amines) is 1. The number of rotatable bonds is 2. The first-order valence-electron chi connectivity index (χ1n) is 10.8. The molecule has 3 aliphatic rings. The Kier molecular flexibility index (Phi) is 4.72. The number of aromatic amines is 1. The van der Waals surface area contributed by atoms with Crippen molar-refractivity contribution in [2.24, 2.45) is 5.92 Å². The molecule has 6 heteroatoms. The summed E-state index contributed by atoms with van der Waals surface area (Å²) in [6.07, 6.45) is 4.20. The Labute approximate surface area is 177 Å². The van der Waals surface area contributed by atoms with Gasteiger partial charge in [0, 0.05) is 47.9 Å². The molecule has 0 radical (unpaired) electrons. The highest BCUT2D eigenvalue weighted by Crippen LogP contribution is 2.46. The van der Waals surface area contributed by atoms with Gasteiger partial charge in [-0.15, -0.1) is 11.8 Å². The van der Waals surface area contributed by atoms with Crippen LogP contribution in [0.5, 0.6) is 0 Å². The van der Waals surface area contributed by atoms with Gasteiger partial charge in [0.25, 0.3) is 0 Å². The molecule has 29 heavy (non-hydrogen) atoms. The maximum Gasteiger partial charge on any atom is 0.226 e. The number of aromatic nitrogens is 1. The van der Waals surface area contributed by atoms with E-state index in [2.05, 4.69) is 66.7 Å². The molecule has 5 rings (SSSR count). The third kappa shape index (κ3) is 3.39. The molecule has 2 aliphatic heterocycles. The summed E-state index contributed by atoms with van der Waals surface area (Å²) < 4.78 is 0. The van der Waals surface area contributed by atoms with Gasteiger partial charge in [-0.25, -0.2) is 0 Å². The van der Waals surface area contributed by atoms with E-state index in [1.807, 2.05) is 0 Å². The van der Waals surface area contributed by atoms with E-state index in [-0.39, 0.29) is 22.7 Å². The fraction of sp³-hybridized carbons (Fsp3) is 0.609. The Morgan fingerprint density at radius 3 is 2.86 bits per heavy atom. The van der Waals surface area contributed by atoms with Crippen molar-refractivity contribution in [2.45, 2.75) is 56.5 Å². The first-order chi connectivity index (χ1) is 13.8. The molecule has 3 N–H and O–H groups in total. The van der Waals surface area contributed by atoms with E-state index in [1.54, 1.807) is 11.8 Å². The molecule has 0 saturated carbocycles. The van der Waals surface area contributed by atoms with Crippen molar-refractivity contribution < 1.29 is 4.79 Å². The molecule has 0 spiro atoms. The SMILES string of the molecule is CN1C[C@H](C(=O)NC2NCCS2)C[C@@H]2c3cc(C(C)(C)C)cc4[nH]cc(c34)C[C@H]21. The second kappa shape index (κ2) is 7.03. The smallest absolute Gasteiger partial charge is 0.226 e. The van der Waals surface area contributed by atoms with Gasteiger partial charge in [-0.2, -0.15) is 0 Å². The molecule has 1 aromatic carbocycles. The summed E-state index contributed by atoms with van der Waals surface area (Å²) in [6, 6.07) is 5.22. The number of fused-ring (bicyclic) bond motifs is 2. The number of benzene rings is 1. The topological polar surface area (TPSA) is 60.2 Å². The van der Waals surface area contributed by atoms with Crippen LogP contribution >= 0.6 is 11.8 Å². The summed E-state index contributed by atoms with van der Waals surface area (Å²) in [6.45, 7) is 8.65. The fourth-order valence-electron chi connectivity index (χ4n) is 5.40. The number of amides is 1. The Morgan fingerprint density at radius 1 is 1.31 bits per heavy atom. The highest BCUT2D eigenvalue weighted by molar-refractivity contribution is 8.00. The number of carbonyl (C=O) groups is 1. The largest absolute Gasteiger partial charge is 0.361 e. The highest BCUT2D eigenvalue weighted by Gasteiger charge is 2.42. The van der Waals surface area contributed by atoms with Gasteiger partial charge in [0.05, 0.1) is 5.92 Å². The van der Waals surface area contributed by atoms with E-state index in [9.17, 15) is 4.79 Å². The minimum absolute atomic E-state index is 0.0399. The van der Waals surface area contributed by atoms with Gasteiger partial charge < -0.3 is 15.2 Å². The zero-order chi connectivity index (χ0) is 20.3. The predicted octanol–water partition coefficient (Wildman–Crippen LogP) is 3.16. The van der Waals surface area contributed by atoms with Crippen molar-refractivity contribution in [1.29, 1.82) is 0 Å². The summed E-state index contributed by atoms with van der Waals surface area (Å²) >= 11 is 1.79. The van der Waals surface area contributed by atoms with Crippen LogP contribution in [0.25, 0.3) is 10.9 Å². The summed E-state index contributed by atoms with van der Waals surface area (Å²) in [5, 5.41) is 7.98. The lowest BCUT2D eigenvalue weighted by Crippen LogP contribution is -2.53. The van der Waals surface area contributed by atoms with Crippen LogP contribution in [-0.2, 0) is 16.6 Å². The monoisotopic (exact) mass is 412 g/mol. The van der Waals surface area contributed by atoms with Crippen LogP contribution in [0.2, 0.25) is 0 Å². The van der Waals surface area contributed by atoms with Crippen LogP contribution in [0.4, 0.5) is 0 Å². The lowest BCUT2D eigenvalue weighted by molar-refractivity contribution is -0.127. The van der Waals surface area contributed by atoms with E-state index in [4.69, 9.17) is 0 Å². The van der Waals surface area contributed by atoms with E-state index < -0.39 is 0 Å². The van der Waals surface area contributed by atoms with Gasteiger partial charge in [-0.05, 0) is 48.1 Å². The van der Waals surface area contributed by atoms with E-state index in [1.165, 1.54) is 27.6 Å². The molecule has 2 aromatic rings. The summed E-state index contributed by atoms with van der Waals surface area (Å²) in [5.74, 6) is 1.71. The Hall–Kier alpha value is -1.50. The molecule has 1 unspecified atom stereocenters. The van der Waals surface area contributed by atoms with Gasteiger partial charge >= 0.3 is 0 Å². The van der Waals surface area contributed by atoms with Crippen LogP contribution in [0.15, 0.2) is 18.3 Å². The van der Waals surface area contributed by atoms with Crippen molar-refractivity contribution >= 4 is 28.6 Å². The lowest BCUT2D eigenvalue weighted by Gasteiger charge is -2.45. The average Bonchev–Trinajstić information content (AvgIpc) is 3.32. The molecule has 2 saturated heterocycles. The average molecular weight is 413 g/mol. The third-order valence-corrected chi connectivity index (χ3v) is 8.08. The first kappa shape index (κ1) is 19.5. The van der Waals surface area contributed by atoms with Crippen LogP contribution < -0.4 is 10.6 Å². The highest BCUT2D eigenvalue weighted by atomic mass is 32.2. The molecule has 1 aromatic heterocycles. The van der Waals surface area contributed by atoms with Gasteiger partial charge in [0.15, 0.2) is 0 Å². The van der Waals surface area contributed by atoms with Gasteiger partial charge in [0.1, 0.15) is 5.50 Å². The zero-order valence-corrected chi connectivity index (χ0v) is 18.7. The summed E-state index contributed by atoms with van der Waals surface area (Å²) in [7, 11) is 2.20. The number of H-pyrrole nitrogens is 1. The van der Waals surface area contributed by atoms with E-state index in [0.29, 0.717) is 12.0 Å². The fourth-order valence-corrected chi connectivity index (χ4v) is 6.31. The van der Waals surface area contributed by atoms with Crippen molar-refractivity contribution in [3.63, 3.8) is 0 Å². The van der Waals surface area contributed by atoms with Gasteiger partial charge in [0.2, 0.25) is 5.91 Å². The number of nitrogens with zero attached hydrogens (tertiary/aromatic N) is 1. The van der Waals surface area contributed by atoms with Crippen molar-refractivity contribution in [1.82, 2.24) is 20.5 Å². The van der Waals surface area contributed by atoms with Crippen molar-refractivity contribution in [3.05, 3.63) is 35.0 Å². The molecule has 3 heterocycles. The number of hydrogen-bond acceptors (Lipinski definition) is 4. The Balaban J connectivity index is 1.49. The number of piperidine rings is 1. The minimum atomic E-state index is 0.0399. The number of likely N-dealkylation sites (N-methyl/N-ethyl adjacent to an activating group) is 1. The molecular formula is C23H32N4OS. The molecule has 156 valence electrons. The standard InChI is InChI=1S/C23H32N4OS/c1-23(2,3)15-9-17-16-7-14(21(28)26-22-24-5-6-29-22)12-27(4)19(16)8-13-11-25-18(10-15)20(13)17/h9-11,14,16,19,22,24-25H,5-8,12H2,1-4H3,(H,26,28)/t14-,16-,19-,22?/m1/s1. The number of carbonyl (C=O) groups excluding carboxylic acids is 1. The summed E-state index contributed by atoms with van der Waals surface area (Å²) in [4.78, 5) is 19.0. The molecule has 0 bridgehead atoms. The van der Waals surface area contributed by atoms with Gasteiger partial charge in [-0.3, -0.25) is 10.1 Å². The Bertz CT molecular complexity index is 940. The quantitative estimate of drug-likeness (QED) is 0.709. The zero-order valence-electron chi connectivity index (χ0n) is 17.8. The maximum absolute atomic E-state index is 13.0. The Morgan fingerprint density at radius 2 is 2.14 bits per heavy atom. The second-order valence-electron chi connectivity index (χ2n) is 10.0. The predicted molar refractivity (Wildman–Crippen MR) is 120 cm³/mol. The molecule has 2 fully saturated rings. The molecular weight excluding hydrogens is 380 g/mol. The number of nitrogens with one attached hydrogen (secondary N) is 3. The molecule has 1 aliphatic carbocycles. The van der Waals surface area contributed by atoms with Crippen LogP contribution in [0.3, 0.4) is 0 Å². The van der Waals surface area contributed by atoms with Crippen molar-refractivity contribution in [2.75, 3.05) is 25.9 Å². The van der Waals surface area contributed by atoms with Crippen LogP contribution in [0, 0.1) is 5.92 Å². The molecule has 1 amide bonds. The van der Waals surface area contributed by atoms with E-state index >= 15 is 0 Å². The minimum Gasteiger partial charge on any atom is -0.361 e. The number of hydrogen-bond donors (Lipinski definition) is 3. The van der Waals surface area contributed by atoms with Gasteiger partial charge in [-0.1, -0.05) is 26.8 Å². The first-order valence-corrected chi connectivity index (χ1v) is 11.9. The van der Waals surface area contributed by atoms with E-state index in [0.717, 1.165) is 31.7 Å². The maximum atomic E-state index is 13.0. The van der Waals surface area contributed by atoms with Crippen molar-refractivity contribution in [3.8, 4) is 0 Å².